The van der Waals surface area contributed by atoms with Gasteiger partial charge < -0.3 is 25.6 Å². The number of hydrogen-bond acceptors (Lipinski definition) is 7. The smallest absolute Gasteiger partial charge is 0.159 e. The van der Waals surface area contributed by atoms with Gasteiger partial charge in [-0.05, 0) is 48.5 Å². The maximum absolute atomic E-state index is 6.47. The first-order valence-electron chi connectivity index (χ1n) is 11.0. The van der Waals surface area contributed by atoms with Gasteiger partial charge in [0.1, 0.15) is 23.5 Å². The van der Waals surface area contributed by atoms with Crippen molar-refractivity contribution >= 4 is 28.7 Å². The Hall–Kier alpha value is -4.26. The Balaban J connectivity index is 1.24. The molecule has 1 fully saturated rings. The third-order valence-electron chi connectivity index (χ3n) is 5.66. The average Bonchev–Trinajstić information content (AvgIpc) is 2.88. The minimum Gasteiger partial charge on any atom is -0.457 e. The van der Waals surface area contributed by atoms with E-state index >= 15 is 0 Å². The van der Waals surface area contributed by atoms with Gasteiger partial charge in [0.2, 0.25) is 0 Å². The van der Waals surface area contributed by atoms with Gasteiger partial charge in [0.05, 0.1) is 0 Å². The molecule has 0 radical (unpaired) electrons. The first kappa shape index (κ1) is 20.6. The molecule has 0 saturated carbocycles. The summed E-state index contributed by atoms with van der Waals surface area (Å²) in [7, 11) is 0. The second-order valence-electron chi connectivity index (χ2n) is 7.83. The number of aromatic nitrogens is 2. The molecule has 0 spiro atoms. The van der Waals surface area contributed by atoms with E-state index in [1.807, 2.05) is 60.7 Å². The molecule has 0 aliphatic carbocycles. The third-order valence-corrected chi connectivity index (χ3v) is 5.66. The Morgan fingerprint density at radius 3 is 2.00 bits per heavy atom. The first-order chi connectivity index (χ1) is 16.3. The van der Waals surface area contributed by atoms with Crippen molar-refractivity contribution in [2.45, 2.75) is 0 Å². The summed E-state index contributed by atoms with van der Waals surface area (Å²) >= 11 is 0. The van der Waals surface area contributed by atoms with Crippen LogP contribution in [-0.4, -0.2) is 36.1 Å². The molecule has 0 amide bonds. The van der Waals surface area contributed by atoms with Crippen LogP contribution in [-0.2, 0) is 0 Å². The fourth-order valence-corrected chi connectivity index (χ4v) is 3.92. The van der Waals surface area contributed by atoms with Crippen LogP contribution in [0.25, 0.3) is 0 Å². The van der Waals surface area contributed by atoms with Crippen molar-refractivity contribution < 1.29 is 4.74 Å². The van der Waals surface area contributed by atoms with Gasteiger partial charge in [-0.2, -0.15) is 0 Å². The number of nitrogens with two attached hydrogens (primary N) is 1. The summed E-state index contributed by atoms with van der Waals surface area (Å²) < 4.78 is 5.86. The molecule has 1 aliphatic rings. The quantitative estimate of drug-likeness (QED) is 0.442. The van der Waals surface area contributed by atoms with Crippen LogP contribution in [0.2, 0.25) is 0 Å². The maximum atomic E-state index is 6.47. The highest BCUT2D eigenvalue weighted by molar-refractivity contribution is 5.78. The molecule has 3 N–H and O–H groups in total. The van der Waals surface area contributed by atoms with Gasteiger partial charge >= 0.3 is 0 Å². The Morgan fingerprint density at radius 1 is 0.697 bits per heavy atom. The van der Waals surface area contributed by atoms with E-state index in [0.29, 0.717) is 11.5 Å². The van der Waals surface area contributed by atoms with E-state index in [1.54, 1.807) is 6.33 Å². The van der Waals surface area contributed by atoms with Gasteiger partial charge in [-0.3, -0.25) is 0 Å². The minimum absolute atomic E-state index is 0.551. The number of ether oxygens (including phenoxy) is 1. The van der Waals surface area contributed by atoms with E-state index in [0.717, 1.165) is 49.2 Å². The summed E-state index contributed by atoms with van der Waals surface area (Å²) in [5.41, 5.74) is 9.14. The van der Waals surface area contributed by atoms with Gasteiger partial charge in [0, 0.05) is 37.6 Å². The van der Waals surface area contributed by atoms with Crippen LogP contribution in [0, 0.1) is 0 Å². The monoisotopic (exact) mass is 438 g/mol. The number of nitrogens with zero attached hydrogens (tertiary/aromatic N) is 4. The third kappa shape index (κ3) is 4.82. The second kappa shape index (κ2) is 9.48. The fourth-order valence-electron chi connectivity index (χ4n) is 3.92. The van der Waals surface area contributed by atoms with Crippen LogP contribution in [0.15, 0.2) is 91.3 Å². The minimum atomic E-state index is 0.551. The molecule has 4 aromatic rings. The van der Waals surface area contributed by atoms with Crippen LogP contribution in [0.3, 0.4) is 0 Å². The lowest BCUT2D eigenvalue weighted by molar-refractivity contribution is 0.483. The van der Waals surface area contributed by atoms with Gasteiger partial charge in [-0.15, -0.1) is 0 Å². The molecular formula is C26H26N6O. The number of benzene rings is 3. The first-order valence-corrected chi connectivity index (χ1v) is 11.0. The predicted octanol–water partition coefficient (Wildman–Crippen LogP) is 4.92. The lowest BCUT2D eigenvalue weighted by Crippen LogP contribution is -2.47. The number of hydrogen-bond donors (Lipinski definition) is 2. The van der Waals surface area contributed by atoms with E-state index in [-0.39, 0.29) is 0 Å². The molecule has 2 heterocycles. The standard InChI is InChI=1S/C26H26N6O/c27-24-25(30-20-11-13-23(14-12-20)33-22-9-5-2-6-10-22)28-19-29-26(24)32-17-15-31(16-18-32)21-7-3-1-4-8-21/h1-14,19H,15-18,27H2,(H,28,29,30). The van der Waals surface area contributed by atoms with E-state index < -0.39 is 0 Å². The highest BCUT2D eigenvalue weighted by Gasteiger charge is 2.21. The summed E-state index contributed by atoms with van der Waals surface area (Å²) in [4.78, 5) is 13.4. The van der Waals surface area contributed by atoms with Crippen molar-refractivity contribution in [2.24, 2.45) is 0 Å². The number of rotatable bonds is 6. The molecule has 166 valence electrons. The summed E-state index contributed by atoms with van der Waals surface area (Å²) in [6, 6.07) is 27.9. The number of para-hydroxylation sites is 2. The van der Waals surface area contributed by atoms with Gasteiger partial charge in [0.15, 0.2) is 11.6 Å². The van der Waals surface area contributed by atoms with Crippen molar-refractivity contribution in [1.29, 1.82) is 0 Å². The zero-order chi connectivity index (χ0) is 22.5. The van der Waals surface area contributed by atoms with Gasteiger partial charge in [-0.25, -0.2) is 9.97 Å². The van der Waals surface area contributed by atoms with Crippen LogP contribution in [0.4, 0.5) is 28.7 Å². The summed E-state index contributed by atoms with van der Waals surface area (Å²) in [5, 5.41) is 3.31. The summed E-state index contributed by atoms with van der Waals surface area (Å²) in [5.74, 6) is 2.93. The summed E-state index contributed by atoms with van der Waals surface area (Å²) in [6.45, 7) is 3.53. The number of nitrogen functional groups attached to an aromatic ring is 1. The average molecular weight is 439 g/mol. The van der Waals surface area contributed by atoms with Crippen LogP contribution in [0.5, 0.6) is 11.5 Å². The maximum Gasteiger partial charge on any atom is 0.159 e. The Kier molecular flexibility index (Phi) is 5.93. The molecule has 1 saturated heterocycles. The second-order valence-corrected chi connectivity index (χ2v) is 7.83. The molecule has 0 atom stereocenters. The van der Waals surface area contributed by atoms with Crippen LogP contribution < -0.4 is 25.6 Å². The van der Waals surface area contributed by atoms with Crippen molar-refractivity contribution in [3.05, 3.63) is 91.3 Å². The Morgan fingerprint density at radius 2 is 1.30 bits per heavy atom. The molecule has 0 unspecified atom stereocenters. The zero-order valence-electron chi connectivity index (χ0n) is 18.3. The lowest BCUT2D eigenvalue weighted by atomic mass is 10.2. The van der Waals surface area contributed by atoms with Crippen molar-refractivity contribution in [1.82, 2.24) is 9.97 Å². The molecule has 7 nitrogen and oxygen atoms in total. The van der Waals surface area contributed by atoms with Crippen molar-refractivity contribution in [2.75, 3.05) is 47.0 Å². The van der Waals surface area contributed by atoms with Crippen molar-refractivity contribution in [3.8, 4) is 11.5 Å². The number of piperazine rings is 1. The SMILES string of the molecule is Nc1c(Nc2ccc(Oc3ccccc3)cc2)ncnc1N1CCN(c2ccccc2)CC1. The molecular weight excluding hydrogens is 412 g/mol. The Labute approximate surface area is 193 Å². The molecule has 33 heavy (non-hydrogen) atoms. The normalized spacial score (nSPS) is 13.6. The molecule has 7 heteroatoms. The molecule has 3 aromatic carbocycles. The summed E-state index contributed by atoms with van der Waals surface area (Å²) in [6.07, 6.45) is 1.56. The number of anilines is 5. The predicted molar refractivity (Wildman–Crippen MR) is 134 cm³/mol. The van der Waals surface area contributed by atoms with Crippen LogP contribution >= 0.6 is 0 Å². The van der Waals surface area contributed by atoms with Gasteiger partial charge in [0.25, 0.3) is 0 Å². The zero-order valence-corrected chi connectivity index (χ0v) is 18.3. The van der Waals surface area contributed by atoms with Crippen molar-refractivity contribution in [3.63, 3.8) is 0 Å². The fraction of sp³-hybridized carbons (Fsp3) is 0.154. The highest BCUT2D eigenvalue weighted by atomic mass is 16.5. The van der Waals surface area contributed by atoms with Gasteiger partial charge in [-0.1, -0.05) is 36.4 Å². The van der Waals surface area contributed by atoms with E-state index in [4.69, 9.17) is 10.5 Å². The highest BCUT2D eigenvalue weighted by Crippen LogP contribution is 2.30. The number of nitrogens with one attached hydrogen (secondary N) is 1. The molecule has 5 rings (SSSR count). The Bertz CT molecular complexity index is 1180. The lowest BCUT2D eigenvalue weighted by Gasteiger charge is -2.37. The van der Waals surface area contributed by atoms with E-state index in [1.165, 1.54) is 5.69 Å². The van der Waals surface area contributed by atoms with Crippen LogP contribution in [0.1, 0.15) is 0 Å². The molecule has 1 aliphatic heterocycles. The van der Waals surface area contributed by atoms with E-state index in [9.17, 15) is 0 Å². The molecule has 0 bridgehead atoms. The largest absolute Gasteiger partial charge is 0.457 e. The topological polar surface area (TPSA) is 79.5 Å². The molecule has 1 aromatic heterocycles. The van der Waals surface area contributed by atoms with E-state index in [2.05, 4.69) is 49.4 Å².